The van der Waals surface area contributed by atoms with Gasteiger partial charge < -0.3 is 10.2 Å². The summed E-state index contributed by atoms with van der Waals surface area (Å²) in [5.41, 5.74) is 1.46. The Labute approximate surface area is 164 Å². The number of nitrogens with one attached hydrogen (secondary N) is 1. The van der Waals surface area contributed by atoms with Crippen LogP contribution < -0.4 is 5.32 Å². The van der Waals surface area contributed by atoms with Crippen LogP contribution in [0.3, 0.4) is 0 Å². The van der Waals surface area contributed by atoms with Gasteiger partial charge in [0.05, 0.1) is 17.3 Å². The Balaban J connectivity index is 1.74. The first-order chi connectivity index (χ1) is 13.1. The van der Waals surface area contributed by atoms with Crippen molar-refractivity contribution in [2.24, 2.45) is 0 Å². The van der Waals surface area contributed by atoms with Gasteiger partial charge >= 0.3 is 0 Å². The van der Waals surface area contributed by atoms with Gasteiger partial charge in [-0.25, -0.2) is 0 Å². The molecule has 142 valence electrons. The fraction of sp³-hybridized carbons (Fsp3) is 0.333. The second-order valence-corrected chi connectivity index (χ2v) is 7.20. The first-order valence-electron chi connectivity index (χ1n) is 9.14. The van der Waals surface area contributed by atoms with Crippen molar-refractivity contribution in [2.75, 3.05) is 32.0 Å². The van der Waals surface area contributed by atoms with E-state index in [9.17, 15) is 9.59 Å². The van der Waals surface area contributed by atoms with E-state index in [4.69, 9.17) is 11.6 Å². The summed E-state index contributed by atoms with van der Waals surface area (Å²) in [7, 11) is 1.80. The number of anilines is 1. The molecule has 0 aliphatic carbocycles. The molecule has 2 aromatic rings. The number of para-hydroxylation sites is 1. The minimum Gasteiger partial charge on any atom is -0.341 e. The molecule has 0 unspecified atom stereocenters. The minimum absolute atomic E-state index is 0.0479. The highest BCUT2D eigenvalue weighted by Crippen LogP contribution is 2.25. The molecule has 6 heteroatoms. The third-order valence-corrected chi connectivity index (χ3v) is 5.08. The zero-order chi connectivity index (χ0) is 19.2. The maximum Gasteiger partial charge on any atom is 0.244 e. The molecule has 1 aliphatic rings. The van der Waals surface area contributed by atoms with Gasteiger partial charge in [-0.1, -0.05) is 54.1 Å². The van der Waals surface area contributed by atoms with Crippen LogP contribution in [0.1, 0.15) is 24.4 Å². The van der Waals surface area contributed by atoms with Gasteiger partial charge in [-0.3, -0.25) is 14.5 Å². The van der Waals surface area contributed by atoms with Crippen molar-refractivity contribution in [3.63, 3.8) is 0 Å². The molecule has 2 amide bonds. The normalized spacial score (nSPS) is 15.0. The van der Waals surface area contributed by atoms with Crippen molar-refractivity contribution in [1.82, 2.24) is 9.80 Å². The number of carbonyl (C=O) groups excluding carboxylic acids is 2. The smallest absolute Gasteiger partial charge is 0.244 e. The molecule has 27 heavy (non-hydrogen) atoms. The van der Waals surface area contributed by atoms with Gasteiger partial charge in [0.15, 0.2) is 0 Å². The fourth-order valence-corrected chi connectivity index (χ4v) is 3.58. The number of likely N-dealkylation sites (tertiary alicyclic amines) is 1. The molecular formula is C21H24ClN3O2. The summed E-state index contributed by atoms with van der Waals surface area (Å²) in [6.07, 6.45) is 2.06. The van der Waals surface area contributed by atoms with Crippen molar-refractivity contribution < 1.29 is 9.59 Å². The summed E-state index contributed by atoms with van der Waals surface area (Å²) in [5.74, 6) is -0.160. The van der Waals surface area contributed by atoms with E-state index in [0.29, 0.717) is 10.7 Å². The number of likely N-dealkylation sites (N-methyl/N-ethyl adjacent to an activating group) is 1. The van der Waals surface area contributed by atoms with Crippen LogP contribution >= 0.6 is 11.6 Å². The molecule has 0 aromatic heterocycles. The van der Waals surface area contributed by atoms with Crippen molar-refractivity contribution in [1.29, 1.82) is 0 Å². The first-order valence-corrected chi connectivity index (χ1v) is 9.52. The van der Waals surface area contributed by atoms with Crippen molar-refractivity contribution in [2.45, 2.75) is 18.9 Å². The van der Waals surface area contributed by atoms with Gasteiger partial charge in [-0.15, -0.1) is 0 Å². The lowest BCUT2D eigenvalue weighted by Gasteiger charge is -2.30. The predicted molar refractivity (Wildman–Crippen MR) is 108 cm³/mol. The van der Waals surface area contributed by atoms with E-state index in [2.05, 4.69) is 5.32 Å². The Hall–Kier alpha value is -2.37. The molecule has 2 aromatic carbocycles. The Bertz CT molecular complexity index is 791. The van der Waals surface area contributed by atoms with E-state index in [1.54, 1.807) is 24.1 Å². The van der Waals surface area contributed by atoms with Gasteiger partial charge in [-0.2, -0.15) is 0 Å². The minimum atomic E-state index is -0.485. The molecule has 0 spiro atoms. The zero-order valence-electron chi connectivity index (χ0n) is 15.4. The summed E-state index contributed by atoms with van der Waals surface area (Å²) in [5, 5.41) is 3.31. The Morgan fingerprint density at radius 3 is 2.37 bits per heavy atom. The number of halogens is 1. The van der Waals surface area contributed by atoms with E-state index < -0.39 is 6.04 Å². The Morgan fingerprint density at radius 2 is 1.70 bits per heavy atom. The number of rotatable bonds is 6. The molecule has 3 rings (SSSR count). The maximum absolute atomic E-state index is 13.1. The SMILES string of the molecule is CN(CC(=O)Nc1ccccc1Cl)[C@@H](C(=O)N1CCCC1)c1ccccc1. The molecule has 5 nitrogen and oxygen atoms in total. The average Bonchev–Trinajstić information content (AvgIpc) is 3.19. The Morgan fingerprint density at radius 1 is 1.07 bits per heavy atom. The maximum atomic E-state index is 13.1. The van der Waals surface area contributed by atoms with Crippen LogP contribution in [0.15, 0.2) is 54.6 Å². The largest absolute Gasteiger partial charge is 0.341 e. The first kappa shape index (κ1) is 19.4. The third kappa shape index (κ3) is 4.87. The lowest BCUT2D eigenvalue weighted by atomic mass is 10.0. The number of hydrogen-bond donors (Lipinski definition) is 1. The van der Waals surface area contributed by atoms with E-state index in [1.165, 1.54) is 0 Å². The van der Waals surface area contributed by atoms with Gasteiger partial charge in [0.2, 0.25) is 11.8 Å². The van der Waals surface area contributed by atoms with E-state index >= 15 is 0 Å². The van der Waals surface area contributed by atoms with Crippen LogP contribution in [0.25, 0.3) is 0 Å². The molecule has 1 aliphatic heterocycles. The number of benzene rings is 2. The molecule has 0 bridgehead atoms. The highest BCUT2D eigenvalue weighted by molar-refractivity contribution is 6.33. The van der Waals surface area contributed by atoms with Crippen LogP contribution in [0, 0.1) is 0 Å². The molecule has 1 fully saturated rings. The summed E-state index contributed by atoms with van der Waals surface area (Å²) in [6, 6.07) is 16.2. The molecule has 0 radical (unpaired) electrons. The second-order valence-electron chi connectivity index (χ2n) is 6.79. The van der Waals surface area contributed by atoms with Crippen molar-refractivity contribution in [3.8, 4) is 0 Å². The van der Waals surface area contributed by atoms with Gasteiger partial charge in [0.1, 0.15) is 6.04 Å². The van der Waals surface area contributed by atoms with Crippen molar-refractivity contribution >= 4 is 29.1 Å². The summed E-state index contributed by atoms with van der Waals surface area (Å²) in [4.78, 5) is 29.3. The van der Waals surface area contributed by atoms with Crippen LogP contribution in [-0.2, 0) is 9.59 Å². The van der Waals surface area contributed by atoms with Gasteiger partial charge in [0.25, 0.3) is 0 Å². The van der Waals surface area contributed by atoms with Crippen molar-refractivity contribution in [3.05, 3.63) is 65.2 Å². The summed E-state index contributed by atoms with van der Waals surface area (Å²) >= 11 is 6.11. The topological polar surface area (TPSA) is 52.7 Å². The number of carbonyl (C=O) groups is 2. The van der Waals surface area contributed by atoms with E-state index in [-0.39, 0.29) is 18.4 Å². The van der Waals surface area contributed by atoms with Crippen LogP contribution in [0.5, 0.6) is 0 Å². The molecule has 1 N–H and O–H groups in total. The molecule has 1 saturated heterocycles. The summed E-state index contributed by atoms with van der Waals surface area (Å²) in [6.45, 7) is 1.65. The lowest BCUT2D eigenvalue weighted by Crippen LogP contribution is -2.43. The second kappa shape index (κ2) is 9.02. The number of hydrogen-bond acceptors (Lipinski definition) is 3. The van der Waals surface area contributed by atoms with Gasteiger partial charge in [-0.05, 0) is 37.6 Å². The molecule has 1 atom stereocenters. The van der Waals surface area contributed by atoms with Gasteiger partial charge in [0, 0.05) is 13.1 Å². The molecular weight excluding hydrogens is 362 g/mol. The van der Waals surface area contributed by atoms with E-state index in [1.807, 2.05) is 47.4 Å². The predicted octanol–water partition coefficient (Wildman–Crippen LogP) is 3.57. The molecule has 0 saturated carbocycles. The third-order valence-electron chi connectivity index (χ3n) is 4.75. The Kier molecular flexibility index (Phi) is 6.48. The number of nitrogens with zero attached hydrogens (tertiary/aromatic N) is 2. The zero-order valence-corrected chi connectivity index (χ0v) is 16.2. The van der Waals surface area contributed by atoms with Crippen LogP contribution in [0.2, 0.25) is 5.02 Å². The van der Waals surface area contributed by atoms with Crippen LogP contribution in [0.4, 0.5) is 5.69 Å². The lowest BCUT2D eigenvalue weighted by molar-refractivity contribution is -0.136. The fourth-order valence-electron chi connectivity index (χ4n) is 3.40. The standard InChI is InChI=1S/C21H24ClN3O2/c1-24(15-19(26)23-18-12-6-5-11-17(18)22)20(16-9-3-2-4-10-16)21(27)25-13-7-8-14-25/h2-6,9-12,20H,7-8,13-15H2,1H3,(H,23,26)/t20-/m1/s1. The van der Waals surface area contributed by atoms with E-state index in [0.717, 1.165) is 31.5 Å². The monoisotopic (exact) mass is 385 g/mol. The highest BCUT2D eigenvalue weighted by atomic mass is 35.5. The quantitative estimate of drug-likeness (QED) is 0.827. The molecule has 1 heterocycles. The summed E-state index contributed by atoms with van der Waals surface area (Å²) < 4.78 is 0. The highest BCUT2D eigenvalue weighted by Gasteiger charge is 2.31. The number of amides is 2. The average molecular weight is 386 g/mol. The van der Waals surface area contributed by atoms with Crippen LogP contribution in [-0.4, -0.2) is 48.3 Å².